The number of anilines is 1. The van der Waals surface area contributed by atoms with Crippen molar-refractivity contribution in [1.29, 1.82) is 0 Å². The van der Waals surface area contributed by atoms with Crippen LogP contribution < -0.4 is 15.7 Å². The van der Waals surface area contributed by atoms with Crippen LogP contribution in [0.3, 0.4) is 0 Å². The van der Waals surface area contributed by atoms with E-state index >= 15 is 0 Å². The van der Waals surface area contributed by atoms with Gasteiger partial charge in [0.1, 0.15) is 23.9 Å². The fourth-order valence-electron chi connectivity index (χ4n) is 3.12. The minimum absolute atomic E-state index is 0.115. The second-order valence-corrected chi connectivity index (χ2v) is 7.14. The molecule has 4 aromatic rings. The molecular weight excluding hydrogens is 425 g/mol. The van der Waals surface area contributed by atoms with Crippen LogP contribution in [0.5, 0.6) is 5.75 Å². The highest BCUT2D eigenvalue weighted by molar-refractivity contribution is 6.31. The van der Waals surface area contributed by atoms with Crippen molar-refractivity contribution in [2.45, 2.75) is 13.5 Å². The molecule has 1 N–H and O–H groups in total. The number of carbonyl (C=O) groups is 1. The van der Waals surface area contributed by atoms with Crippen LogP contribution in [-0.2, 0) is 11.3 Å². The van der Waals surface area contributed by atoms with Crippen LogP contribution in [0.25, 0.3) is 16.9 Å². The Bertz CT molecular complexity index is 1350. The third-order valence-electron chi connectivity index (χ3n) is 4.62. The number of rotatable bonds is 5. The fourth-order valence-corrected chi connectivity index (χ4v) is 3.30. The van der Waals surface area contributed by atoms with Crippen molar-refractivity contribution in [3.05, 3.63) is 75.7 Å². The number of carbonyl (C=O) groups excluding carboxylic acids is 1. The number of nitrogens with one attached hydrogen (secondary N) is 1. The first kappa shape index (κ1) is 20.5. The second-order valence-electron chi connectivity index (χ2n) is 6.73. The van der Waals surface area contributed by atoms with Gasteiger partial charge < -0.3 is 10.1 Å². The van der Waals surface area contributed by atoms with E-state index in [1.165, 1.54) is 16.5 Å². The lowest BCUT2D eigenvalue weighted by atomic mass is 10.1. The predicted molar refractivity (Wildman–Crippen MR) is 114 cm³/mol. The van der Waals surface area contributed by atoms with Crippen molar-refractivity contribution in [1.82, 2.24) is 19.2 Å². The minimum atomic E-state index is -0.591. The van der Waals surface area contributed by atoms with Gasteiger partial charge in [-0.05, 0) is 49.4 Å². The number of fused-ring (bicyclic) bond motifs is 1. The normalized spacial score (nSPS) is 11.0. The summed E-state index contributed by atoms with van der Waals surface area (Å²) in [6.45, 7) is 1.36. The molecule has 0 fully saturated rings. The monoisotopic (exact) mass is 441 g/mol. The van der Waals surface area contributed by atoms with Crippen LogP contribution in [0.1, 0.15) is 5.82 Å². The van der Waals surface area contributed by atoms with E-state index in [-0.39, 0.29) is 11.6 Å². The van der Waals surface area contributed by atoms with Crippen molar-refractivity contribution in [3.63, 3.8) is 0 Å². The van der Waals surface area contributed by atoms with Crippen LogP contribution in [0.2, 0.25) is 5.02 Å². The molecule has 31 heavy (non-hydrogen) atoms. The lowest BCUT2D eigenvalue weighted by Gasteiger charge is -2.05. The topological polar surface area (TPSA) is 90.5 Å². The number of hydrogen-bond donors (Lipinski definition) is 1. The van der Waals surface area contributed by atoms with Gasteiger partial charge in [-0.25, -0.2) is 23.3 Å². The molecular formula is C21H17ClFN5O3. The minimum Gasteiger partial charge on any atom is -0.497 e. The Morgan fingerprint density at radius 2 is 1.94 bits per heavy atom. The Morgan fingerprint density at radius 3 is 2.61 bits per heavy atom. The Balaban J connectivity index is 1.62. The van der Waals surface area contributed by atoms with Crippen molar-refractivity contribution >= 4 is 28.8 Å². The summed E-state index contributed by atoms with van der Waals surface area (Å²) in [5.74, 6) is 0.0573. The first-order valence-electron chi connectivity index (χ1n) is 9.22. The van der Waals surface area contributed by atoms with E-state index in [4.69, 9.17) is 16.3 Å². The van der Waals surface area contributed by atoms with Gasteiger partial charge in [0.05, 0.1) is 17.8 Å². The van der Waals surface area contributed by atoms with Gasteiger partial charge in [-0.15, -0.1) is 5.10 Å². The molecule has 8 nitrogen and oxygen atoms in total. The molecule has 4 rings (SSSR count). The zero-order valence-electron chi connectivity index (χ0n) is 16.6. The molecule has 0 saturated carbocycles. The number of methoxy groups -OCH3 is 1. The van der Waals surface area contributed by atoms with Gasteiger partial charge >= 0.3 is 5.69 Å². The Morgan fingerprint density at radius 1 is 1.19 bits per heavy atom. The van der Waals surface area contributed by atoms with E-state index in [9.17, 15) is 14.0 Å². The number of amides is 1. The average molecular weight is 442 g/mol. The zero-order valence-corrected chi connectivity index (χ0v) is 17.4. The number of ether oxygens (including phenoxy) is 1. The Hall–Kier alpha value is -3.72. The summed E-state index contributed by atoms with van der Waals surface area (Å²) in [6.07, 6.45) is 0. The molecule has 0 radical (unpaired) electrons. The van der Waals surface area contributed by atoms with Crippen molar-refractivity contribution in [3.8, 4) is 17.0 Å². The van der Waals surface area contributed by atoms with Crippen LogP contribution in [0.4, 0.5) is 10.1 Å². The summed E-state index contributed by atoms with van der Waals surface area (Å²) in [7, 11) is 1.59. The van der Waals surface area contributed by atoms with Gasteiger partial charge in [-0.1, -0.05) is 11.6 Å². The summed E-state index contributed by atoms with van der Waals surface area (Å²) < 4.78 is 20.8. The van der Waals surface area contributed by atoms with E-state index in [0.717, 1.165) is 22.1 Å². The first-order chi connectivity index (χ1) is 14.9. The van der Waals surface area contributed by atoms with Gasteiger partial charge in [-0.2, -0.15) is 0 Å². The highest BCUT2D eigenvalue weighted by Crippen LogP contribution is 2.22. The van der Waals surface area contributed by atoms with Crippen molar-refractivity contribution in [2.24, 2.45) is 0 Å². The molecule has 0 bridgehead atoms. The van der Waals surface area contributed by atoms with Crippen LogP contribution in [0, 0.1) is 12.7 Å². The smallest absolute Gasteiger partial charge is 0.352 e. The summed E-state index contributed by atoms with van der Waals surface area (Å²) >= 11 is 5.72. The van der Waals surface area contributed by atoms with Crippen molar-refractivity contribution < 1.29 is 13.9 Å². The number of aromatic nitrogens is 4. The molecule has 0 aliphatic heterocycles. The Labute approximate surface area is 180 Å². The second kappa shape index (κ2) is 8.19. The summed E-state index contributed by atoms with van der Waals surface area (Å²) in [5, 5.41) is 6.71. The molecule has 10 heteroatoms. The standard InChI is InChI=1S/C21H17ClFN5O3/c1-12-24-18(13-3-6-15(31-2)7-4-13)10-19-26-27(21(30)28(12)19)11-20(29)25-14-5-8-17(23)16(22)9-14/h3-10H,11H2,1-2H3,(H,25,29). The highest BCUT2D eigenvalue weighted by Gasteiger charge is 2.15. The highest BCUT2D eigenvalue weighted by atomic mass is 35.5. The van der Waals surface area contributed by atoms with Gasteiger partial charge in [0, 0.05) is 17.3 Å². The third kappa shape index (κ3) is 4.13. The van der Waals surface area contributed by atoms with Crippen LogP contribution in [-0.4, -0.2) is 32.2 Å². The third-order valence-corrected chi connectivity index (χ3v) is 4.91. The molecule has 2 aromatic carbocycles. The Kier molecular flexibility index (Phi) is 5.43. The molecule has 0 spiro atoms. The number of benzene rings is 2. The van der Waals surface area contributed by atoms with Gasteiger partial charge in [0.25, 0.3) is 0 Å². The first-order valence-corrected chi connectivity index (χ1v) is 9.60. The maximum atomic E-state index is 13.3. The molecule has 0 atom stereocenters. The maximum Gasteiger partial charge on any atom is 0.352 e. The van der Waals surface area contributed by atoms with Gasteiger partial charge in [-0.3, -0.25) is 4.79 Å². The fraction of sp³-hybridized carbons (Fsp3) is 0.143. The van der Waals surface area contributed by atoms with Gasteiger partial charge in [0.2, 0.25) is 5.91 Å². The molecule has 0 aliphatic carbocycles. The molecule has 1 amide bonds. The molecule has 0 aliphatic rings. The van der Waals surface area contributed by atoms with Crippen LogP contribution in [0.15, 0.2) is 53.3 Å². The number of aryl methyl sites for hydroxylation is 1. The summed E-state index contributed by atoms with van der Waals surface area (Å²) in [4.78, 5) is 29.6. The lowest BCUT2D eigenvalue weighted by Crippen LogP contribution is -2.28. The van der Waals surface area contributed by atoms with Crippen molar-refractivity contribution in [2.75, 3.05) is 12.4 Å². The summed E-state index contributed by atoms with van der Waals surface area (Å²) in [5.41, 5.74) is 1.65. The largest absolute Gasteiger partial charge is 0.497 e. The van der Waals surface area contributed by atoms with E-state index in [1.807, 2.05) is 24.3 Å². The molecule has 0 unspecified atom stereocenters. The molecule has 2 heterocycles. The quantitative estimate of drug-likeness (QED) is 0.513. The zero-order chi connectivity index (χ0) is 22.1. The molecule has 0 saturated heterocycles. The molecule has 2 aromatic heterocycles. The number of nitrogens with zero attached hydrogens (tertiary/aromatic N) is 4. The van der Waals surface area contributed by atoms with E-state index in [1.54, 1.807) is 20.1 Å². The van der Waals surface area contributed by atoms with E-state index < -0.39 is 17.4 Å². The summed E-state index contributed by atoms with van der Waals surface area (Å²) in [6, 6.07) is 12.8. The number of hydrogen-bond acceptors (Lipinski definition) is 5. The molecule has 158 valence electrons. The number of halogens is 2. The lowest BCUT2D eigenvalue weighted by molar-refractivity contribution is -0.117. The average Bonchev–Trinajstić information content (AvgIpc) is 3.06. The van der Waals surface area contributed by atoms with E-state index in [0.29, 0.717) is 22.9 Å². The van der Waals surface area contributed by atoms with E-state index in [2.05, 4.69) is 15.4 Å². The van der Waals surface area contributed by atoms with Crippen LogP contribution >= 0.6 is 11.6 Å². The van der Waals surface area contributed by atoms with Gasteiger partial charge in [0.15, 0.2) is 5.65 Å². The maximum absolute atomic E-state index is 13.3. The SMILES string of the molecule is COc1ccc(-c2cc3nn(CC(=O)Nc4ccc(F)c(Cl)c4)c(=O)n3c(C)n2)cc1. The predicted octanol–water partition coefficient (Wildman–Crippen LogP) is 3.31.